The Bertz CT molecular complexity index is 176. The van der Waals surface area contributed by atoms with Crippen LogP contribution in [0.15, 0.2) is 0 Å². The van der Waals surface area contributed by atoms with E-state index in [1.807, 2.05) is 13.8 Å². The lowest BCUT2D eigenvalue weighted by molar-refractivity contribution is -0.120. The molecule has 2 N–H and O–H groups in total. The molecule has 0 aliphatic rings. The lowest BCUT2D eigenvalue weighted by Crippen LogP contribution is -2.43. The lowest BCUT2D eigenvalue weighted by Gasteiger charge is -2.19. The number of hydrogen-bond acceptors (Lipinski definition) is 4. The van der Waals surface area contributed by atoms with Crippen molar-refractivity contribution in [1.29, 1.82) is 0 Å². The minimum atomic E-state index is -0.0257. The average Bonchev–Trinajstić information content (AvgIpc) is 2.25. The molecule has 0 aromatic heterocycles. The summed E-state index contributed by atoms with van der Waals surface area (Å²) in [5.41, 5.74) is 0. The molecule has 0 spiro atoms. The van der Waals surface area contributed by atoms with E-state index in [2.05, 4.69) is 10.6 Å². The smallest absolute Gasteiger partial charge is 0.234 e. The highest BCUT2D eigenvalue weighted by molar-refractivity contribution is 5.77. The Labute approximate surface area is 91.5 Å². The normalized spacial score (nSPS) is 14.7. The minimum absolute atomic E-state index is 0.0257. The average molecular weight is 218 g/mol. The van der Waals surface area contributed by atoms with Gasteiger partial charge < -0.3 is 20.1 Å². The van der Waals surface area contributed by atoms with Crippen LogP contribution in [0.25, 0.3) is 0 Å². The second-order valence-corrected chi connectivity index (χ2v) is 3.45. The molecule has 2 atom stereocenters. The van der Waals surface area contributed by atoms with Crippen molar-refractivity contribution >= 4 is 5.91 Å². The first-order valence-electron chi connectivity index (χ1n) is 5.13. The summed E-state index contributed by atoms with van der Waals surface area (Å²) in [5, 5.41) is 5.81. The van der Waals surface area contributed by atoms with Crippen LogP contribution in [0.2, 0.25) is 0 Å². The summed E-state index contributed by atoms with van der Waals surface area (Å²) in [6.07, 6.45) is 0.0942. The Morgan fingerprint density at radius 1 is 1.33 bits per heavy atom. The predicted octanol–water partition coefficient (Wildman–Crippen LogP) is -0.238. The Morgan fingerprint density at radius 3 is 2.53 bits per heavy atom. The van der Waals surface area contributed by atoms with Gasteiger partial charge in [-0.05, 0) is 13.8 Å². The van der Waals surface area contributed by atoms with Gasteiger partial charge in [0, 0.05) is 26.8 Å². The third-order valence-electron chi connectivity index (χ3n) is 2.29. The molecule has 0 saturated carbocycles. The van der Waals surface area contributed by atoms with Gasteiger partial charge in [-0.25, -0.2) is 0 Å². The van der Waals surface area contributed by atoms with Gasteiger partial charge in [0.25, 0.3) is 0 Å². The topological polar surface area (TPSA) is 59.6 Å². The van der Waals surface area contributed by atoms with Crippen LogP contribution in [0.3, 0.4) is 0 Å². The molecule has 90 valence electrons. The fourth-order valence-electron chi connectivity index (χ4n) is 0.979. The van der Waals surface area contributed by atoms with Crippen molar-refractivity contribution in [2.75, 3.05) is 33.9 Å². The number of nitrogens with one attached hydrogen (secondary N) is 2. The zero-order valence-corrected chi connectivity index (χ0v) is 10.0. The first kappa shape index (κ1) is 14.3. The van der Waals surface area contributed by atoms with Gasteiger partial charge in [-0.3, -0.25) is 4.79 Å². The standard InChI is InChI=1S/C10H22N2O3/c1-8(9(2)15-4)12-7-10(13)11-5-6-14-3/h8-9,12H,5-7H2,1-4H3,(H,11,13). The summed E-state index contributed by atoms with van der Waals surface area (Å²) in [5.74, 6) is -0.0257. The van der Waals surface area contributed by atoms with Gasteiger partial charge in [0.2, 0.25) is 5.91 Å². The molecule has 0 aromatic rings. The molecular weight excluding hydrogens is 196 g/mol. The molecule has 0 bridgehead atoms. The molecule has 5 heteroatoms. The molecule has 0 fully saturated rings. The van der Waals surface area contributed by atoms with Crippen LogP contribution in [0.1, 0.15) is 13.8 Å². The summed E-state index contributed by atoms with van der Waals surface area (Å²) >= 11 is 0. The van der Waals surface area contributed by atoms with Crippen LogP contribution in [0, 0.1) is 0 Å². The molecule has 0 aliphatic carbocycles. The van der Waals surface area contributed by atoms with E-state index in [1.165, 1.54) is 0 Å². The summed E-state index contributed by atoms with van der Waals surface area (Å²) in [6, 6.07) is 0.156. The fourth-order valence-corrected chi connectivity index (χ4v) is 0.979. The van der Waals surface area contributed by atoms with Crippen molar-refractivity contribution in [2.45, 2.75) is 26.0 Å². The summed E-state index contributed by atoms with van der Waals surface area (Å²) < 4.78 is 9.95. The van der Waals surface area contributed by atoms with E-state index >= 15 is 0 Å². The Balaban J connectivity index is 3.52. The monoisotopic (exact) mass is 218 g/mol. The summed E-state index contributed by atoms with van der Waals surface area (Å²) in [4.78, 5) is 11.3. The molecule has 0 aliphatic heterocycles. The molecular formula is C10H22N2O3. The molecule has 2 unspecified atom stereocenters. The molecule has 5 nitrogen and oxygen atoms in total. The van der Waals surface area contributed by atoms with E-state index in [0.717, 1.165) is 0 Å². The zero-order valence-electron chi connectivity index (χ0n) is 10.0. The second kappa shape index (κ2) is 8.64. The highest BCUT2D eigenvalue weighted by atomic mass is 16.5. The van der Waals surface area contributed by atoms with Crippen molar-refractivity contribution in [3.63, 3.8) is 0 Å². The Kier molecular flexibility index (Phi) is 8.27. The molecule has 15 heavy (non-hydrogen) atoms. The largest absolute Gasteiger partial charge is 0.383 e. The van der Waals surface area contributed by atoms with Crippen molar-refractivity contribution in [3.05, 3.63) is 0 Å². The highest BCUT2D eigenvalue weighted by Gasteiger charge is 2.11. The first-order valence-corrected chi connectivity index (χ1v) is 5.13. The molecule has 0 saturated heterocycles. The maximum Gasteiger partial charge on any atom is 0.234 e. The Morgan fingerprint density at radius 2 is 2.00 bits per heavy atom. The van der Waals surface area contributed by atoms with Crippen LogP contribution in [-0.4, -0.2) is 52.0 Å². The maximum atomic E-state index is 11.3. The van der Waals surface area contributed by atoms with Gasteiger partial charge in [-0.1, -0.05) is 0 Å². The van der Waals surface area contributed by atoms with Crippen molar-refractivity contribution in [1.82, 2.24) is 10.6 Å². The third-order valence-corrected chi connectivity index (χ3v) is 2.29. The molecule has 0 heterocycles. The van der Waals surface area contributed by atoms with Gasteiger partial charge in [0.15, 0.2) is 0 Å². The van der Waals surface area contributed by atoms with Crippen LogP contribution in [0.4, 0.5) is 0 Å². The van der Waals surface area contributed by atoms with Crippen molar-refractivity contribution in [3.8, 4) is 0 Å². The van der Waals surface area contributed by atoms with E-state index < -0.39 is 0 Å². The van der Waals surface area contributed by atoms with Crippen LogP contribution >= 0.6 is 0 Å². The zero-order chi connectivity index (χ0) is 11.7. The number of rotatable bonds is 8. The van der Waals surface area contributed by atoms with E-state index in [4.69, 9.17) is 9.47 Å². The van der Waals surface area contributed by atoms with Gasteiger partial charge in [0.05, 0.1) is 19.3 Å². The lowest BCUT2D eigenvalue weighted by atomic mass is 10.2. The van der Waals surface area contributed by atoms with Crippen LogP contribution < -0.4 is 10.6 Å². The number of ether oxygens (including phenoxy) is 2. The van der Waals surface area contributed by atoms with Crippen LogP contribution in [-0.2, 0) is 14.3 Å². The van der Waals surface area contributed by atoms with Gasteiger partial charge in [-0.2, -0.15) is 0 Å². The van der Waals surface area contributed by atoms with E-state index in [0.29, 0.717) is 19.7 Å². The van der Waals surface area contributed by atoms with E-state index in [1.54, 1.807) is 14.2 Å². The Hall–Kier alpha value is -0.650. The molecule has 0 radical (unpaired) electrons. The number of carbonyl (C=O) groups is 1. The van der Waals surface area contributed by atoms with Crippen molar-refractivity contribution in [2.24, 2.45) is 0 Å². The number of carbonyl (C=O) groups excluding carboxylic acids is 1. The van der Waals surface area contributed by atoms with E-state index in [9.17, 15) is 4.79 Å². The SMILES string of the molecule is COCCNC(=O)CNC(C)C(C)OC. The molecule has 0 rings (SSSR count). The van der Waals surface area contributed by atoms with Crippen molar-refractivity contribution < 1.29 is 14.3 Å². The highest BCUT2D eigenvalue weighted by Crippen LogP contribution is 1.94. The maximum absolute atomic E-state index is 11.3. The predicted molar refractivity (Wildman–Crippen MR) is 58.8 cm³/mol. The third kappa shape index (κ3) is 7.30. The van der Waals surface area contributed by atoms with Gasteiger partial charge in [-0.15, -0.1) is 0 Å². The summed E-state index contributed by atoms with van der Waals surface area (Å²) in [6.45, 7) is 5.33. The first-order chi connectivity index (χ1) is 7.11. The minimum Gasteiger partial charge on any atom is -0.383 e. The fraction of sp³-hybridized carbons (Fsp3) is 0.900. The molecule has 0 aromatic carbocycles. The van der Waals surface area contributed by atoms with Gasteiger partial charge >= 0.3 is 0 Å². The number of hydrogen-bond donors (Lipinski definition) is 2. The van der Waals surface area contributed by atoms with Gasteiger partial charge in [0.1, 0.15) is 0 Å². The second-order valence-electron chi connectivity index (χ2n) is 3.45. The number of methoxy groups -OCH3 is 2. The van der Waals surface area contributed by atoms with Crippen LogP contribution in [0.5, 0.6) is 0 Å². The molecule has 1 amide bonds. The number of amides is 1. The van der Waals surface area contributed by atoms with E-state index in [-0.39, 0.29) is 18.1 Å². The summed E-state index contributed by atoms with van der Waals surface area (Å²) in [7, 11) is 3.26. The quantitative estimate of drug-likeness (QED) is 0.552.